The minimum Gasteiger partial charge on any atom is -0.454 e. The van der Waals surface area contributed by atoms with Crippen LogP contribution < -0.4 is 0 Å². The maximum absolute atomic E-state index is 12.2. The number of ether oxygens (including phenoxy) is 1. The number of ketones is 1. The summed E-state index contributed by atoms with van der Waals surface area (Å²) in [7, 11) is -3.57. The van der Waals surface area contributed by atoms with Crippen molar-refractivity contribution in [3.05, 3.63) is 64.7 Å². The number of carbonyl (C=O) groups excluding carboxylic acids is 2. The Bertz CT molecular complexity index is 897. The molecule has 2 rings (SSSR count). The first-order chi connectivity index (χ1) is 11.2. The zero-order valence-corrected chi connectivity index (χ0v) is 14.5. The molecule has 0 unspecified atom stereocenters. The number of benzene rings is 2. The van der Waals surface area contributed by atoms with Crippen molar-refractivity contribution in [3.63, 3.8) is 0 Å². The maximum Gasteiger partial charge on any atom is 0.339 e. The molecule has 24 heavy (non-hydrogen) atoms. The van der Waals surface area contributed by atoms with Crippen molar-refractivity contribution < 1.29 is 22.7 Å². The minimum atomic E-state index is -3.57. The van der Waals surface area contributed by atoms with Crippen LogP contribution in [0.25, 0.3) is 0 Å². The molecule has 0 saturated heterocycles. The van der Waals surface area contributed by atoms with E-state index in [1.165, 1.54) is 24.3 Å². The standard InChI is InChI=1S/C18H18O5S/c1-12-8-9-13(2)15(10-12)16(19)11-23-18(20)14-6-4-5-7-17(14)24(3,21)22/h4-10H,11H2,1-3H3. The molecule has 0 aliphatic carbocycles. The molecule has 6 heteroatoms. The van der Waals surface area contributed by atoms with Gasteiger partial charge in [-0.25, -0.2) is 13.2 Å². The third-order valence-electron chi connectivity index (χ3n) is 3.53. The molecule has 0 N–H and O–H groups in total. The van der Waals surface area contributed by atoms with Gasteiger partial charge in [-0.3, -0.25) is 4.79 Å². The fourth-order valence-corrected chi connectivity index (χ4v) is 3.16. The second kappa shape index (κ2) is 6.97. The summed E-state index contributed by atoms with van der Waals surface area (Å²) in [5.74, 6) is -1.17. The first-order valence-corrected chi connectivity index (χ1v) is 9.16. The van der Waals surface area contributed by atoms with Crippen LogP contribution in [-0.4, -0.2) is 33.0 Å². The van der Waals surface area contributed by atoms with E-state index in [2.05, 4.69) is 0 Å². The third-order valence-corrected chi connectivity index (χ3v) is 4.69. The zero-order chi connectivity index (χ0) is 17.9. The van der Waals surface area contributed by atoms with Crippen LogP contribution in [0.1, 0.15) is 31.8 Å². The Hall–Kier alpha value is -2.47. The lowest BCUT2D eigenvalue weighted by Gasteiger charge is -2.09. The van der Waals surface area contributed by atoms with Crippen molar-refractivity contribution in [1.82, 2.24) is 0 Å². The Labute approximate surface area is 141 Å². The molecular weight excluding hydrogens is 328 g/mol. The topological polar surface area (TPSA) is 77.5 Å². The first kappa shape index (κ1) is 17.9. The van der Waals surface area contributed by atoms with Crippen LogP contribution in [-0.2, 0) is 14.6 Å². The Morgan fingerprint density at radius 1 is 1.00 bits per heavy atom. The predicted molar refractivity (Wildman–Crippen MR) is 90.1 cm³/mol. The normalized spacial score (nSPS) is 11.1. The van der Waals surface area contributed by atoms with E-state index < -0.39 is 22.4 Å². The molecule has 2 aromatic rings. The molecule has 0 bridgehead atoms. The summed E-state index contributed by atoms with van der Waals surface area (Å²) in [4.78, 5) is 24.3. The maximum atomic E-state index is 12.2. The van der Waals surface area contributed by atoms with E-state index in [0.29, 0.717) is 5.56 Å². The molecule has 0 aliphatic heterocycles. The Morgan fingerprint density at radius 3 is 2.33 bits per heavy atom. The van der Waals surface area contributed by atoms with Gasteiger partial charge in [-0.2, -0.15) is 0 Å². The van der Waals surface area contributed by atoms with E-state index in [9.17, 15) is 18.0 Å². The van der Waals surface area contributed by atoms with Crippen molar-refractivity contribution in [2.45, 2.75) is 18.7 Å². The number of sulfone groups is 1. The highest BCUT2D eigenvalue weighted by Crippen LogP contribution is 2.17. The zero-order valence-electron chi connectivity index (χ0n) is 13.7. The van der Waals surface area contributed by atoms with E-state index in [1.54, 1.807) is 13.0 Å². The summed E-state index contributed by atoms with van der Waals surface area (Å²) >= 11 is 0. The quantitative estimate of drug-likeness (QED) is 0.614. The van der Waals surface area contributed by atoms with Gasteiger partial charge in [0.1, 0.15) is 0 Å². The summed E-state index contributed by atoms with van der Waals surface area (Å²) < 4.78 is 28.5. The Kier molecular flexibility index (Phi) is 5.19. The number of Topliss-reactive ketones (excluding diaryl/α,β-unsaturated/α-hetero) is 1. The van der Waals surface area contributed by atoms with E-state index in [1.807, 2.05) is 19.1 Å². The average Bonchev–Trinajstić information content (AvgIpc) is 2.53. The highest BCUT2D eigenvalue weighted by Gasteiger charge is 2.20. The molecule has 0 radical (unpaired) electrons. The fraction of sp³-hybridized carbons (Fsp3) is 0.222. The van der Waals surface area contributed by atoms with Crippen molar-refractivity contribution in [2.24, 2.45) is 0 Å². The summed E-state index contributed by atoms with van der Waals surface area (Å²) in [6, 6.07) is 11.2. The summed E-state index contributed by atoms with van der Waals surface area (Å²) in [6.45, 7) is 3.22. The van der Waals surface area contributed by atoms with Gasteiger partial charge in [-0.1, -0.05) is 29.8 Å². The molecule has 0 amide bonds. The van der Waals surface area contributed by atoms with Crippen molar-refractivity contribution in [2.75, 3.05) is 12.9 Å². The van der Waals surface area contributed by atoms with Gasteiger partial charge in [0.15, 0.2) is 16.4 Å². The Balaban J connectivity index is 2.17. The van der Waals surface area contributed by atoms with Gasteiger partial charge >= 0.3 is 5.97 Å². The van der Waals surface area contributed by atoms with Crippen LogP contribution in [0.4, 0.5) is 0 Å². The number of hydrogen-bond donors (Lipinski definition) is 0. The smallest absolute Gasteiger partial charge is 0.339 e. The van der Waals surface area contributed by atoms with Gasteiger partial charge in [0, 0.05) is 11.8 Å². The van der Waals surface area contributed by atoms with Crippen LogP contribution >= 0.6 is 0 Å². The minimum absolute atomic E-state index is 0.0752. The van der Waals surface area contributed by atoms with Crippen LogP contribution in [0.15, 0.2) is 47.4 Å². The van der Waals surface area contributed by atoms with E-state index in [4.69, 9.17) is 4.74 Å². The van der Waals surface area contributed by atoms with Crippen LogP contribution in [0.5, 0.6) is 0 Å². The first-order valence-electron chi connectivity index (χ1n) is 7.27. The monoisotopic (exact) mass is 346 g/mol. The number of rotatable bonds is 5. The number of esters is 1. The highest BCUT2D eigenvalue weighted by molar-refractivity contribution is 7.90. The largest absolute Gasteiger partial charge is 0.454 e. The van der Waals surface area contributed by atoms with Crippen molar-refractivity contribution in [1.29, 1.82) is 0 Å². The molecule has 0 aliphatic rings. The van der Waals surface area contributed by atoms with E-state index in [0.717, 1.165) is 17.4 Å². The van der Waals surface area contributed by atoms with Gasteiger partial charge < -0.3 is 4.74 Å². The number of hydrogen-bond acceptors (Lipinski definition) is 5. The molecule has 0 fully saturated rings. The van der Waals surface area contributed by atoms with Crippen molar-refractivity contribution >= 4 is 21.6 Å². The average molecular weight is 346 g/mol. The number of aryl methyl sites for hydroxylation is 2. The lowest BCUT2D eigenvalue weighted by atomic mass is 10.0. The molecule has 0 saturated carbocycles. The van der Waals surface area contributed by atoms with E-state index in [-0.39, 0.29) is 16.2 Å². The molecule has 0 heterocycles. The summed E-state index contributed by atoms with van der Waals surface area (Å²) in [5, 5.41) is 0. The molecular formula is C18H18O5S. The fourth-order valence-electron chi connectivity index (χ4n) is 2.28. The molecule has 2 aromatic carbocycles. The second-order valence-electron chi connectivity index (χ2n) is 5.59. The molecule has 126 valence electrons. The second-order valence-corrected chi connectivity index (χ2v) is 7.57. The molecule has 5 nitrogen and oxygen atoms in total. The van der Waals surface area contributed by atoms with Crippen LogP contribution in [0, 0.1) is 13.8 Å². The lowest BCUT2D eigenvalue weighted by Crippen LogP contribution is -2.17. The lowest BCUT2D eigenvalue weighted by molar-refractivity contribution is 0.0471. The highest BCUT2D eigenvalue weighted by atomic mass is 32.2. The third kappa shape index (κ3) is 4.08. The molecule has 0 aromatic heterocycles. The van der Waals surface area contributed by atoms with Crippen molar-refractivity contribution in [3.8, 4) is 0 Å². The molecule has 0 spiro atoms. The van der Waals surface area contributed by atoms with Gasteiger partial charge in [0.2, 0.25) is 5.78 Å². The predicted octanol–water partition coefficient (Wildman–Crippen LogP) is 2.75. The van der Waals surface area contributed by atoms with Gasteiger partial charge in [0.05, 0.1) is 10.5 Å². The number of carbonyl (C=O) groups is 2. The van der Waals surface area contributed by atoms with Gasteiger partial charge in [-0.15, -0.1) is 0 Å². The van der Waals surface area contributed by atoms with E-state index >= 15 is 0 Å². The summed E-state index contributed by atoms with van der Waals surface area (Å²) in [5.41, 5.74) is 2.13. The van der Waals surface area contributed by atoms with Gasteiger partial charge in [0.25, 0.3) is 0 Å². The molecule has 0 atom stereocenters. The van der Waals surface area contributed by atoms with Crippen LogP contribution in [0.2, 0.25) is 0 Å². The van der Waals surface area contributed by atoms with Crippen LogP contribution in [0.3, 0.4) is 0 Å². The summed E-state index contributed by atoms with van der Waals surface area (Å²) in [6.07, 6.45) is 1.01. The van der Waals surface area contributed by atoms with Gasteiger partial charge in [-0.05, 0) is 37.6 Å². The SMILES string of the molecule is Cc1ccc(C)c(C(=O)COC(=O)c2ccccc2S(C)(=O)=O)c1. The Morgan fingerprint density at radius 2 is 1.67 bits per heavy atom.